The zero-order chi connectivity index (χ0) is 13.3. The SMILES string of the molecule is CC(C)N1C(=O)CC(Nc2cccc(F)c2)C1=O. The van der Waals surface area contributed by atoms with Crippen LogP contribution in [0, 0.1) is 5.82 Å². The molecule has 5 heteroatoms. The lowest BCUT2D eigenvalue weighted by Crippen LogP contribution is -2.39. The van der Waals surface area contributed by atoms with Gasteiger partial charge in [0.1, 0.15) is 11.9 Å². The Morgan fingerprint density at radius 3 is 2.67 bits per heavy atom. The molecule has 18 heavy (non-hydrogen) atoms. The first kappa shape index (κ1) is 12.5. The predicted molar refractivity (Wildman–Crippen MR) is 65.4 cm³/mol. The maximum Gasteiger partial charge on any atom is 0.252 e. The number of amides is 2. The van der Waals surface area contributed by atoms with Crippen molar-refractivity contribution in [2.75, 3.05) is 5.32 Å². The van der Waals surface area contributed by atoms with E-state index in [0.717, 1.165) is 0 Å². The molecule has 1 aliphatic heterocycles. The van der Waals surface area contributed by atoms with E-state index in [2.05, 4.69) is 5.32 Å². The van der Waals surface area contributed by atoms with Gasteiger partial charge >= 0.3 is 0 Å². The summed E-state index contributed by atoms with van der Waals surface area (Å²) >= 11 is 0. The molecule has 1 atom stereocenters. The van der Waals surface area contributed by atoms with E-state index in [0.29, 0.717) is 5.69 Å². The molecular weight excluding hydrogens is 235 g/mol. The molecule has 0 spiro atoms. The molecule has 0 bridgehead atoms. The van der Waals surface area contributed by atoms with Gasteiger partial charge in [0.2, 0.25) is 5.91 Å². The third-order valence-electron chi connectivity index (χ3n) is 2.86. The van der Waals surface area contributed by atoms with Crippen LogP contribution in [0.5, 0.6) is 0 Å². The van der Waals surface area contributed by atoms with Gasteiger partial charge < -0.3 is 5.32 Å². The van der Waals surface area contributed by atoms with Crippen LogP contribution in [0.4, 0.5) is 10.1 Å². The van der Waals surface area contributed by atoms with Crippen molar-refractivity contribution in [3.8, 4) is 0 Å². The Kier molecular flexibility index (Phi) is 3.32. The van der Waals surface area contributed by atoms with Crippen molar-refractivity contribution in [2.24, 2.45) is 0 Å². The second-order valence-electron chi connectivity index (χ2n) is 4.61. The van der Waals surface area contributed by atoms with Crippen LogP contribution in [0.3, 0.4) is 0 Å². The molecule has 1 aliphatic rings. The minimum Gasteiger partial charge on any atom is -0.373 e. The topological polar surface area (TPSA) is 49.4 Å². The highest BCUT2D eigenvalue weighted by Gasteiger charge is 2.39. The molecule has 2 rings (SSSR count). The highest BCUT2D eigenvalue weighted by atomic mass is 19.1. The van der Waals surface area contributed by atoms with Gasteiger partial charge in [-0.1, -0.05) is 6.07 Å². The van der Waals surface area contributed by atoms with Crippen LogP contribution in [-0.2, 0) is 9.59 Å². The highest BCUT2D eigenvalue weighted by molar-refractivity contribution is 6.07. The molecule has 0 radical (unpaired) electrons. The molecule has 1 N–H and O–H groups in total. The van der Waals surface area contributed by atoms with Crippen LogP contribution in [0.25, 0.3) is 0 Å². The van der Waals surface area contributed by atoms with Crippen LogP contribution in [-0.4, -0.2) is 28.8 Å². The normalized spacial score (nSPS) is 19.8. The number of hydrogen-bond acceptors (Lipinski definition) is 3. The van der Waals surface area contributed by atoms with Gasteiger partial charge in [-0.2, -0.15) is 0 Å². The zero-order valence-corrected chi connectivity index (χ0v) is 10.3. The van der Waals surface area contributed by atoms with E-state index in [4.69, 9.17) is 0 Å². The van der Waals surface area contributed by atoms with Crippen molar-refractivity contribution in [3.63, 3.8) is 0 Å². The lowest BCUT2D eigenvalue weighted by Gasteiger charge is -2.19. The van der Waals surface area contributed by atoms with Gasteiger partial charge in [0.25, 0.3) is 5.91 Å². The highest BCUT2D eigenvalue weighted by Crippen LogP contribution is 2.20. The van der Waals surface area contributed by atoms with Crippen LogP contribution < -0.4 is 5.32 Å². The number of nitrogens with zero attached hydrogens (tertiary/aromatic N) is 1. The molecule has 1 unspecified atom stereocenters. The van der Waals surface area contributed by atoms with Gasteiger partial charge in [0.15, 0.2) is 0 Å². The fraction of sp³-hybridized carbons (Fsp3) is 0.385. The first-order valence-corrected chi connectivity index (χ1v) is 5.87. The van der Waals surface area contributed by atoms with Crippen LogP contribution >= 0.6 is 0 Å². The Hall–Kier alpha value is -1.91. The lowest BCUT2D eigenvalue weighted by molar-refractivity contribution is -0.140. The minimum atomic E-state index is -0.596. The summed E-state index contributed by atoms with van der Waals surface area (Å²) in [6, 6.07) is 5.10. The molecule has 1 saturated heterocycles. The molecular formula is C13H15FN2O2. The summed E-state index contributed by atoms with van der Waals surface area (Å²) in [6.45, 7) is 3.58. The average Bonchev–Trinajstić information content (AvgIpc) is 2.54. The fourth-order valence-corrected chi connectivity index (χ4v) is 2.09. The summed E-state index contributed by atoms with van der Waals surface area (Å²) in [7, 11) is 0. The molecule has 1 aromatic carbocycles. The second-order valence-corrected chi connectivity index (χ2v) is 4.61. The van der Waals surface area contributed by atoms with E-state index >= 15 is 0 Å². The summed E-state index contributed by atoms with van der Waals surface area (Å²) in [5.41, 5.74) is 0.506. The maximum absolute atomic E-state index is 13.0. The van der Waals surface area contributed by atoms with E-state index in [-0.39, 0.29) is 30.1 Å². The monoisotopic (exact) mass is 250 g/mol. The molecule has 0 saturated carbocycles. The fourth-order valence-electron chi connectivity index (χ4n) is 2.09. The third-order valence-corrected chi connectivity index (χ3v) is 2.86. The minimum absolute atomic E-state index is 0.119. The third kappa shape index (κ3) is 2.34. The largest absolute Gasteiger partial charge is 0.373 e. The van der Waals surface area contributed by atoms with Crippen molar-refractivity contribution < 1.29 is 14.0 Å². The van der Waals surface area contributed by atoms with Gasteiger partial charge in [-0.15, -0.1) is 0 Å². The average molecular weight is 250 g/mol. The number of imide groups is 1. The molecule has 1 aromatic rings. The van der Waals surface area contributed by atoms with Crippen molar-refractivity contribution in [1.29, 1.82) is 0 Å². The van der Waals surface area contributed by atoms with E-state index in [1.54, 1.807) is 26.0 Å². The van der Waals surface area contributed by atoms with E-state index in [1.165, 1.54) is 17.0 Å². The Bertz CT molecular complexity index is 488. The Labute approximate surface area is 105 Å². The van der Waals surface area contributed by atoms with E-state index < -0.39 is 6.04 Å². The zero-order valence-electron chi connectivity index (χ0n) is 10.3. The number of halogens is 1. The van der Waals surface area contributed by atoms with E-state index in [9.17, 15) is 14.0 Å². The van der Waals surface area contributed by atoms with Gasteiger partial charge in [0, 0.05) is 11.7 Å². The van der Waals surface area contributed by atoms with Crippen LogP contribution in [0.15, 0.2) is 24.3 Å². The Morgan fingerprint density at radius 2 is 2.11 bits per heavy atom. The number of rotatable bonds is 3. The molecule has 1 heterocycles. The molecule has 4 nitrogen and oxygen atoms in total. The van der Waals surface area contributed by atoms with Crippen LogP contribution in [0.1, 0.15) is 20.3 Å². The first-order valence-electron chi connectivity index (χ1n) is 5.87. The summed E-state index contributed by atoms with van der Waals surface area (Å²) in [6.07, 6.45) is 0.119. The van der Waals surface area contributed by atoms with Crippen LogP contribution in [0.2, 0.25) is 0 Å². The number of nitrogens with one attached hydrogen (secondary N) is 1. The smallest absolute Gasteiger partial charge is 0.252 e. The van der Waals surface area contributed by atoms with Gasteiger partial charge in [-0.3, -0.25) is 14.5 Å². The second kappa shape index (κ2) is 4.76. The Balaban J connectivity index is 2.12. The predicted octanol–water partition coefficient (Wildman–Crippen LogP) is 1.77. The Morgan fingerprint density at radius 1 is 1.39 bits per heavy atom. The molecule has 0 aromatic heterocycles. The lowest BCUT2D eigenvalue weighted by atomic mass is 10.2. The number of hydrogen-bond donors (Lipinski definition) is 1. The van der Waals surface area contributed by atoms with Gasteiger partial charge in [0.05, 0.1) is 6.42 Å². The first-order chi connectivity index (χ1) is 8.49. The summed E-state index contributed by atoms with van der Waals surface area (Å²) < 4.78 is 13.0. The molecule has 96 valence electrons. The number of anilines is 1. The summed E-state index contributed by atoms with van der Waals surface area (Å²) in [5.74, 6) is -0.819. The number of carbonyl (C=O) groups excluding carboxylic acids is 2. The molecule has 1 fully saturated rings. The summed E-state index contributed by atoms with van der Waals surface area (Å²) in [4.78, 5) is 24.9. The number of likely N-dealkylation sites (tertiary alicyclic amines) is 1. The van der Waals surface area contributed by atoms with Gasteiger partial charge in [-0.05, 0) is 32.0 Å². The maximum atomic E-state index is 13.0. The number of carbonyl (C=O) groups is 2. The number of benzene rings is 1. The van der Waals surface area contributed by atoms with E-state index in [1.807, 2.05) is 0 Å². The molecule has 0 aliphatic carbocycles. The quantitative estimate of drug-likeness (QED) is 0.832. The van der Waals surface area contributed by atoms with Crippen molar-refractivity contribution in [3.05, 3.63) is 30.1 Å². The standard InChI is InChI=1S/C13H15FN2O2/c1-8(2)16-12(17)7-11(13(16)18)15-10-5-3-4-9(14)6-10/h3-6,8,11,15H,7H2,1-2H3. The molecule has 2 amide bonds. The van der Waals surface area contributed by atoms with Crippen molar-refractivity contribution in [1.82, 2.24) is 4.90 Å². The van der Waals surface area contributed by atoms with Crippen molar-refractivity contribution >= 4 is 17.5 Å². The van der Waals surface area contributed by atoms with Crippen molar-refractivity contribution in [2.45, 2.75) is 32.4 Å². The summed E-state index contributed by atoms with van der Waals surface area (Å²) in [5, 5.41) is 2.89. The van der Waals surface area contributed by atoms with Gasteiger partial charge in [-0.25, -0.2) is 4.39 Å².